The minimum Gasteiger partial charge on any atom is -0.496 e. The van der Waals surface area contributed by atoms with Gasteiger partial charge in [-0.25, -0.2) is 4.68 Å². The zero-order valence-electron chi connectivity index (χ0n) is 14.3. The third-order valence-corrected chi connectivity index (χ3v) is 4.43. The second-order valence-electron chi connectivity index (χ2n) is 6.06. The number of methoxy groups -OCH3 is 1. The van der Waals surface area contributed by atoms with E-state index in [0.717, 1.165) is 41.7 Å². The van der Waals surface area contributed by atoms with Crippen molar-refractivity contribution in [3.63, 3.8) is 0 Å². The molecule has 4 rings (SSSR count). The fraction of sp³-hybridized carbons (Fsp3) is 0.562. The van der Waals surface area contributed by atoms with Crippen LogP contribution in [0.15, 0.2) is 12.1 Å². The molecule has 1 fully saturated rings. The Morgan fingerprint density at radius 3 is 2.72 bits per heavy atom. The van der Waals surface area contributed by atoms with Gasteiger partial charge >= 0.3 is 0 Å². The van der Waals surface area contributed by atoms with Crippen molar-refractivity contribution < 1.29 is 18.9 Å². The maximum absolute atomic E-state index is 5.84. The lowest BCUT2D eigenvalue weighted by Crippen LogP contribution is -2.38. The molecule has 1 atom stereocenters. The summed E-state index contributed by atoms with van der Waals surface area (Å²) in [7, 11) is 3.49. The van der Waals surface area contributed by atoms with Crippen LogP contribution >= 0.6 is 0 Å². The average Bonchev–Trinajstić information content (AvgIpc) is 3.07. The predicted octanol–water partition coefficient (Wildman–Crippen LogP) is 0.563. The molecule has 9 nitrogen and oxygen atoms in total. The van der Waals surface area contributed by atoms with Crippen LogP contribution in [0.4, 0.5) is 0 Å². The Balaban J connectivity index is 1.52. The zero-order valence-corrected chi connectivity index (χ0v) is 14.3. The quantitative estimate of drug-likeness (QED) is 0.793. The average molecular weight is 347 g/mol. The first-order chi connectivity index (χ1) is 12.2. The van der Waals surface area contributed by atoms with Crippen molar-refractivity contribution in [3.8, 4) is 17.2 Å². The van der Waals surface area contributed by atoms with Crippen molar-refractivity contribution >= 4 is 0 Å². The maximum atomic E-state index is 5.84. The third-order valence-electron chi connectivity index (χ3n) is 4.43. The van der Waals surface area contributed by atoms with Gasteiger partial charge in [0.05, 0.1) is 13.7 Å². The molecule has 1 unspecified atom stereocenters. The van der Waals surface area contributed by atoms with Crippen molar-refractivity contribution in [3.05, 3.63) is 23.5 Å². The first-order valence-corrected chi connectivity index (χ1v) is 8.27. The van der Waals surface area contributed by atoms with Crippen LogP contribution in [-0.4, -0.2) is 65.1 Å². The SMILES string of the molecule is COc1cc2c(cc1CN1CCOC(c3nnnn3C)C1)OCCO2. The van der Waals surface area contributed by atoms with E-state index in [0.29, 0.717) is 26.4 Å². The maximum Gasteiger partial charge on any atom is 0.181 e. The van der Waals surface area contributed by atoms with Gasteiger partial charge in [-0.2, -0.15) is 0 Å². The largest absolute Gasteiger partial charge is 0.496 e. The number of hydrogen-bond donors (Lipinski definition) is 0. The summed E-state index contributed by atoms with van der Waals surface area (Å²) < 4.78 is 24.4. The van der Waals surface area contributed by atoms with Crippen LogP contribution < -0.4 is 14.2 Å². The summed E-state index contributed by atoms with van der Waals surface area (Å²) in [5, 5.41) is 11.6. The van der Waals surface area contributed by atoms with Gasteiger partial charge in [0.2, 0.25) is 0 Å². The highest BCUT2D eigenvalue weighted by atomic mass is 16.6. The lowest BCUT2D eigenvalue weighted by Gasteiger charge is -2.32. The summed E-state index contributed by atoms with van der Waals surface area (Å²) in [5.74, 6) is 3.03. The predicted molar refractivity (Wildman–Crippen MR) is 86.8 cm³/mol. The summed E-state index contributed by atoms with van der Waals surface area (Å²) in [5.41, 5.74) is 1.06. The lowest BCUT2D eigenvalue weighted by atomic mass is 10.1. The minimum atomic E-state index is -0.142. The highest BCUT2D eigenvalue weighted by molar-refractivity contribution is 5.51. The molecule has 0 N–H and O–H groups in total. The number of aryl methyl sites for hydroxylation is 1. The molecule has 0 aliphatic carbocycles. The molecule has 3 heterocycles. The Bertz CT molecular complexity index is 750. The highest BCUT2D eigenvalue weighted by Gasteiger charge is 2.27. The van der Waals surface area contributed by atoms with Crippen molar-refractivity contribution in [1.29, 1.82) is 0 Å². The van der Waals surface area contributed by atoms with Crippen LogP contribution in [0.2, 0.25) is 0 Å². The molecule has 0 bridgehead atoms. The molecule has 1 saturated heterocycles. The van der Waals surface area contributed by atoms with Crippen LogP contribution in [0.1, 0.15) is 17.5 Å². The molecule has 0 radical (unpaired) electrons. The molecule has 0 spiro atoms. The van der Waals surface area contributed by atoms with Crippen LogP contribution in [0.5, 0.6) is 17.2 Å². The number of aromatic nitrogens is 4. The van der Waals surface area contributed by atoms with E-state index in [2.05, 4.69) is 20.4 Å². The summed E-state index contributed by atoms with van der Waals surface area (Å²) in [6.45, 7) is 4.03. The van der Waals surface area contributed by atoms with Gasteiger partial charge in [0.15, 0.2) is 17.3 Å². The number of hydrogen-bond acceptors (Lipinski definition) is 8. The number of rotatable bonds is 4. The number of fused-ring (bicyclic) bond motifs is 1. The molecule has 2 aromatic rings. The van der Waals surface area contributed by atoms with Gasteiger partial charge in [0.1, 0.15) is 25.1 Å². The Labute approximate surface area is 145 Å². The van der Waals surface area contributed by atoms with Gasteiger partial charge in [-0.3, -0.25) is 4.90 Å². The van der Waals surface area contributed by atoms with E-state index in [1.807, 2.05) is 19.2 Å². The first-order valence-electron chi connectivity index (χ1n) is 8.27. The lowest BCUT2D eigenvalue weighted by molar-refractivity contribution is -0.0390. The fourth-order valence-corrected chi connectivity index (χ4v) is 3.18. The number of ether oxygens (including phenoxy) is 4. The van der Waals surface area contributed by atoms with Crippen molar-refractivity contribution in [2.75, 3.05) is 40.0 Å². The van der Waals surface area contributed by atoms with Crippen molar-refractivity contribution in [2.45, 2.75) is 12.6 Å². The van der Waals surface area contributed by atoms with E-state index in [1.54, 1.807) is 11.8 Å². The van der Waals surface area contributed by atoms with E-state index in [4.69, 9.17) is 18.9 Å². The first kappa shape index (κ1) is 16.1. The van der Waals surface area contributed by atoms with Crippen molar-refractivity contribution in [1.82, 2.24) is 25.1 Å². The van der Waals surface area contributed by atoms with Crippen LogP contribution in [-0.2, 0) is 18.3 Å². The molecule has 1 aromatic carbocycles. The molecule has 0 amide bonds. The Kier molecular flexibility index (Phi) is 4.41. The molecule has 134 valence electrons. The van der Waals surface area contributed by atoms with Crippen LogP contribution in [0.3, 0.4) is 0 Å². The molecule has 1 aromatic heterocycles. The molecule has 25 heavy (non-hydrogen) atoms. The monoisotopic (exact) mass is 347 g/mol. The van der Waals surface area contributed by atoms with E-state index >= 15 is 0 Å². The highest BCUT2D eigenvalue weighted by Crippen LogP contribution is 2.37. The Hall–Kier alpha value is -2.39. The van der Waals surface area contributed by atoms with Gasteiger partial charge in [-0.05, 0) is 16.5 Å². The summed E-state index contributed by atoms with van der Waals surface area (Å²) in [6, 6.07) is 3.90. The minimum absolute atomic E-state index is 0.142. The van der Waals surface area contributed by atoms with Gasteiger partial charge in [0.25, 0.3) is 0 Å². The third kappa shape index (κ3) is 3.24. The fourth-order valence-electron chi connectivity index (χ4n) is 3.18. The standard InChI is InChI=1S/C16H21N5O4/c1-20-16(17-18-19-20)15-10-21(3-4-23-15)9-11-7-13-14(8-12(11)22-2)25-6-5-24-13/h7-8,15H,3-6,9-10H2,1-2H3. The Morgan fingerprint density at radius 1 is 1.20 bits per heavy atom. The van der Waals surface area contributed by atoms with E-state index < -0.39 is 0 Å². The second-order valence-corrected chi connectivity index (χ2v) is 6.06. The number of tetrazole rings is 1. The molecular weight excluding hydrogens is 326 g/mol. The zero-order chi connectivity index (χ0) is 17.2. The number of nitrogens with zero attached hydrogens (tertiary/aromatic N) is 5. The van der Waals surface area contributed by atoms with E-state index in [1.165, 1.54) is 0 Å². The van der Waals surface area contributed by atoms with E-state index in [9.17, 15) is 0 Å². The summed E-state index contributed by atoms with van der Waals surface area (Å²) >= 11 is 0. The van der Waals surface area contributed by atoms with Crippen molar-refractivity contribution in [2.24, 2.45) is 7.05 Å². The molecular formula is C16H21N5O4. The topological polar surface area (TPSA) is 83.8 Å². The Morgan fingerprint density at radius 2 is 2.00 bits per heavy atom. The smallest absolute Gasteiger partial charge is 0.181 e. The van der Waals surface area contributed by atoms with Gasteiger partial charge in [-0.1, -0.05) is 0 Å². The van der Waals surface area contributed by atoms with Crippen LogP contribution in [0, 0.1) is 0 Å². The van der Waals surface area contributed by atoms with Crippen LogP contribution in [0.25, 0.3) is 0 Å². The van der Waals surface area contributed by atoms with E-state index in [-0.39, 0.29) is 6.10 Å². The molecule has 9 heteroatoms. The van der Waals surface area contributed by atoms with Gasteiger partial charge < -0.3 is 18.9 Å². The summed E-state index contributed by atoms with van der Waals surface area (Å²) in [4.78, 5) is 2.30. The normalized spacial score (nSPS) is 20.5. The van der Waals surface area contributed by atoms with Gasteiger partial charge in [0, 0.05) is 38.3 Å². The molecule has 0 saturated carbocycles. The number of benzene rings is 1. The molecule has 2 aliphatic heterocycles. The summed E-state index contributed by atoms with van der Waals surface area (Å²) in [6.07, 6.45) is -0.142. The molecule has 2 aliphatic rings. The van der Waals surface area contributed by atoms with Gasteiger partial charge in [-0.15, -0.1) is 5.10 Å². The second kappa shape index (κ2) is 6.85. The number of morpholine rings is 1.